The van der Waals surface area contributed by atoms with Gasteiger partial charge in [0.15, 0.2) is 0 Å². The molecule has 0 N–H and O–H groups in total. The number of hydrogen-bond donors (Lipinski definition) is 0. The zero-order valence-corrected chi connectivity index (χ0v) is 11.9. The summed E-state index contributed by atoms with van der Waals surface area (Å²) in [4.78, 5) is 0. The Kier molecular flexibility index (Phi) is 4.13. The van der Waals surface area contributed by atoms with E-state index in [1.54, 1.807) is 0 Å². The van der Waals surface area contributed by atoms with Crippen molar-refractivity contribution < 1.29 is 0 Å². The van der Waals surface area contributed by atoms with Crippen LogP contribution in [-0.2, 0) is 5.88 Å². The smallest absolute Gasteiger partial charge is 0.0640 e. The largest absolute Gasteiger partial charge is 0.266 e. The number of halogens is 1. The van der Waals surface area contributed by atoms with Crippen LogP contribution >= 0.6 is 11.6 Å². The van der Waals surface area contributed by atoms with Gasteiger partial charge in [0, 0.05) is 11.3 Å². The first-order valence-corrected chi connectivity index (χ1v) is 7.33. The Bertz CT molecular complexity index is 384. The van der Waals surface area contributed by atoms with Gasteiger partial charge in [-0.1, -0.05) is 26.2 Å². The molecule has 17 heavy (non-hydrogen) atoms. The first-order chi connectivity index (χ1) is 8.19. The summed E-state index contributed by atoms with van der Waals surface area (Å²) in [7, 11) is 0. The topological polar surface area (TPSA) is 17.8 Å². The molecule has 0 amide bonds. The summed E-state index contributed by atoms with van der Waals surface area (Å²) in [5, 5.41) is 4.74. The van der Waals surface area contributed by atoms with Gasteiger partial charge in [0.1, 0.15) is 0 Å². The van der Waals surface area contributed by atoms with Gasteiger partial charge in [-0.05, 0) is 32.6 Å². The van der Waals surface area contributed by atoms with Crippen molar-refractivity contribution in [1.82, 2.24) is 9.78 Å². The minimum Gasteiger partial charge on any atom is -0.266 e. The van der Waals surface area contributed by atoms with E-state index in [0.29, 0.717) is 11.9 Å². The molecule has 0 bridgehead atoms. The molecule has 0 radical (unpaired) electrons. The van der Waals surface area contributed by atoms with E-state index in [2.05, 4.69) is 25.5 Å². The molecule has 2 nitrogen and oxygen atoms in total. The van der Waals surface area contributed by atoms with Crippen molar-refractivity contribution in [3.8, 4) is 0 Å². The van der Waals surface area contributed by atoms with Crippen molar-refractivity contribution in [3.05, 3.63) is 17.0 Å². The maximum atomic E-state index is 6.01. The van der Waals surface area contributed by atoms with Crippen LogP contribution in [0, 0.1) is 19.8 Å². The minimum absolute atomic E-state index is 0.585. The molecule has 1 aromatic rings. The monoisotopic (exact) mass is 254 g/mol. The molecule has 1 saturated carbocycles. The van der Waals surface area contributed by atoms with E-state index < -0.39 is 0 Å². The van der Waals surface area contributed by atoms with Crippen LogP contribution in [0.2, 0.25) is 0 Å². The van der Waals surface area contributed by atoms with Gasteiger partial charge >= 0.3 is 0 Å². The van der Waals surface area contributed by atoms with Crippen LogP contribution in [0.4, 0.5) is 0 Å². The Balaban J connectivity index is 2.31. The van der Waals surface area contributed by atoms with Crippen molar-refractivity contribution in [2.45, 2.75) is 64.8 Å². The predicted octanol–water partition coefficient (Wildman–Crippen LogP) is 4.38. The van der Waals surface area contributed by atoms with Crippen LogP contribution in [0.5, 0.6) is 0 Å². The first-order valence-electron chi connectivity index (χ1n) is 6.79. The van der Waals surface area contributed by atoms with Crippen LogP contribution in [0.3, 0.4) is 0 Å². The van der Waals surface area contributed by atoms with Crippen LogP contribution < -0.4 is 0 Å². The molecule has 0 saturated heterocycles. The van der Waals surface area contributed by atoms with E-state index in [4.69, 9.17) is 16.7 Å². The van der Waals surface area contributed by atoms with Crippen LogP contribution in [0.1, 0.15) is 62.0 Å². The molecule has 2 atom stereocenters. The molecule has 1 aliphatic rings. The van der Waals surface area contributed by atoms with Gasteiger partial charge in [-0.3, -0.25) is 4.68 Å². The Morgan fingerprint density at radius 1 is 1.29 bits per heavy atom. The molecule has 1 heterocycles. The van der Waals surface area contributed by atoms with Gasteiger partial charge in [-0.2, -0.15) is 5.10 Å². The highest BCUT2D eigenvalue weighted by Gasteiger charge is 2.27. The fourth-order valence-electron chi connectivity index (χ4n) is 3.20. The SMILES string of the molecule is CCC1CCCCC1n1nc(C)c(CCl)c1C. The van der Waals surface area contributed by atoms with Crippen LogP contribution in [0.15, 0.2) is 0 Å². The van der Waals surface area contributed by atoms with Crippen molar-refractivity contribution >= 4 is 11.6 Å². The standard InChI is InChI=1S/C14H23ClN2/c1-4-12-7-5-6-8-14(12)17-11(3)13(9-15)10(2)16-17/h12,14H,4-9H2,1-3H3. The molecule has 0 aromatic carbocycles. The highest BCUT2D eigenvalue weighted by atomic mass is 35.5. The molecule has 2 rings (SSSR count). The Labute approximate surface area is 109 Å². The highest BCUT2D eigenvalue weighted by molar-refractivity contribution is 6.17. The van der Waals surface area contributed by atoms with E-state index in [1.165, 1.54) is 43.4 Å². The Morgan fingerprint density at radius 2 is 2.00 bits per heavy atom. The molecule has 3 heteroatoms. The molecule has 96 valence electrons. The maximum Gasteiger partial charge on any atom is 0.0640 e. The summed E-state index contributed by atoms with van der Waals surface area (Å²) in [6.07, 6.45) is 6.63. The zero-order valence-electron chi connectivity index (χ0n) is 11.2. The van der Waals surface area contributed by atoms with Crippen LogP contribution in [0.25, 0.3) is 0 Å². The second-order valence-electron chi connectivity index (χ2n) is 5.25. The summed E-state index contributed by atoms with van der Waals surface area (Å²) in [5.74, 6) is 1.38. The van der Waals surface area contributed by atoms with Gasteiger partial charge in [0.25, 0.3) is 0 Å². The highest BCUT2D eigenvalue weighted by Crippen LogP contribution is 2.37. The fourth-order valence-corrected chi connectivity index (χ4v) is 3.59. The third-order valence-electron chi connectivity index (χ3n) is 4.32. The molecule has 2 unspecified atom stereocenters. The number of hydrogen-bond acceptors (Lipinski definition) is 1. The lowest BCUT2D eigenvalue weighted by molar-refractivity contribution is 0.214. The van der Waals surface area contributed by atoms with Crippen molar-refractivity contribution in [2.24, 2.45) is 5.92 Å². The van der Waals surface area contributed by atoms with Crippen LogP contribution in [-0.4, -0.2) is 9.78 Å². The number of aromatic nitrogens is 2. The molecule has 1 aromatic heterocycles. The van der Waals surface area contributed by atoms with E-state index in [0.717, 1.165) is 11.6 Å². The number of aryl methyl sites for hydroxylation is 1. The second-order valence-corrected chi connectivity index (χ2v) is 5.51. The minimum atomic E-state index is 0.585. The normalized spacial score (nSPS) is 25.2. The van der Waals surface area contributed by atoms with E-state index in [-0.39, 0.29) is 0 Å². The van der Waals surface area contributed by atoms with Gasteiger partial charge in [0.2, 0.25) is 0 Å². The summed E-state index contributed by atoms with van der Waals surface area (Å²) >= 11 is 6.01. The summed E-state index contributed by atoms with van der Waals surface area (Å²) in [6.45, 7) is 6.54. The Hall–Kier alpha value is -0.500. The summed E-state index contributed by atoms with van der Waals surface area (Å²) in [5.41, 5.74) is 3.62. The molecule has 0 aliphatic heterocycles. The summed E-state index contributed by atoms with van der Waals surface area (Å²) < 4.78 is 2.26. The Morgan fingerprint density at radius 3 is 2.59 bits per heavy atom. The second kappa shape index (κ2) is 5.43. The first kappa shape index (κ1) is 12.9. The van der Waals surface area contributed by atoms with Crippen molar-refractivity contribution in [3.63, 3.8) is 0 Å². The predicted molar refractivity (Wildman–Crippen MR) is 72.5 cm³/mol. The van der Waals surface area contributed by atoms with E-state index in [9.17, 15) is 0 Å². The van der Waals surface area contributed by atoms with Crippen molar-refractivity contribution in [1.29, 1.82) is 0 Å². The third kappa shape index (κ3) is 2.37. The molecule has 1 aliphatic carbocycles. The summed E-state index contributed by atoms with van der Waals surface area (Å²) in [6, 6.07) is 0.601. The molecular weight excluding hydrogens is 232 g/mol. The number of nitrogens with zero attached hydrogens (tertiary/aromatic N) is 2. The van der Waals surface area contributed by atoms with Gasteiger partial charge < -0.3 is 0 Å². The lowest BCUT2D eigenvalue weighted by Crippen LogP contribution is -2.24. The molecule has 0 spiro atoms. The fraction of sp³-hybridized carbons (Fsp3) is 0.786. The van der Waals surface area contributed by atoms with Gasteiger partial charge in [0.05, 0.1) is 17.6 Å². The van der Waals surface area contributed by atoms with E-state index >= 15 is 0 Å². The third-order valence-corrected chi connectivity index (χ3v) is 4.58. The lowest BCUT2D eigenvalue weighted by atomic mass is 9.83. The van der Waals surface area contributed by atoms with Gasteiger partial charge in [-0.15, -0.1) is 11.6 Å². The maximum absolute atomic E-state index is 6.01. The van der Waals surface area contributed by atoms with E-state index in [1.807, 2.05) is 0 Å². The lowest BCUT2D eigenvalue weighted by Gasteiger charge is -2.32. The average Bonchev–Trinajstić information content (AvgIpc) is 2.64. The zero-order chi connectivity index (χ0) is 12.4. The number of rotatable bonds is 3. The van der Waals surface area contributed by atoms with Gasteiger partial charge in [-0.25, -0.2) is 0 Å². The molecule has 1 fully saturated rings. The quantitative estimate of drug-likeness (QED) is 0.732. The molecular formula is C14H23ClN2. The average molecular weight is 255 g/mol. The number of alkyl halides is 1. The van der Waals surface area contributed by atoms with Crippen molar-refractivity contribution in [2.75, 3.05) is 0 Å².